The first-order valence-corrected chi connectivity index (χ1v) is 8.83. The molecule has 1 saturated heterocycles. The first kappa shape index (κ1) is 16.6. The lowest BCUT2D eigenvalue weighted by atomic mass is 10.1. The molecule has 1 N–H and O–H groups in total. The van der Waals surface area contributed by atoms with E-state index in [1.807, 2.05) is 31.4 Å². The van der Waals surface area contributed by atoms with Gasteiger partial charge in [0, 0.05) is 24.2 Å². The van der Waals surface area contributed by atoms with E-state index in [0.29, 0.717) is 12.5 Å². The highest BCUT2D eigenvalue weighted by Gasteiger charge is 2.15. The average molecular weight is 351 g/mol. The summed E-state index contributed by atoms with van der Waals surface area (Å²) < 4.78 is 1.66. The molecule has 8 heteroatoms. The number of carbonyl (C=O) groups excluding carboxylic acids is 1. The molecule has 2 aromatic heterocycles. The standard InChI is InChI=1S/C18H21N7O/c1-24-11-16(22-23-24)13-5-6-14-10-19-18(20-15(14)9-13)21-17(26)12-25-7-3-2-4-8-25/h5-6,9-11H,2-4,7-8,12H2,1H3,(H,19,20,21,26). The number of hydrogen-bond donors (Lipinski definition) is 1. The Kier molecular flexibility index (Phi) is 4.57. The molecule has 4 rings (SSSR count). The fourth-order valence-corrected chi connectivity index (χ4v) is 3.21. The number of nitrogens with zero attached hydrogens (tertiary/aromatic N) is 6. The van der Waals surface area contributed by atoms with Crippen molar-refractivity contribution in [1.82, 2.24) is 29.9 Å². The van der Waals surface area contributed by atoms with Crippen LogP contribution in [-0.2, 0) is 11.8 Å². The monoisotopic (exact) mass is 351 g/mol. The maximum atomic E-state index is 12.3. The van der Waals surface area contributed by atoms with Crippen molar-refractivity contribution in [3.8, 4) is 11.3 Å². The second kappa shape index (κ2) is 7.17. The molecule has 0 atom stereocenters. The maximum Gasteiger partial charge on any atom is 0.240 e. The van der Waals surface area contributed by atoms with E-state index in [-0.39, 0.29) is 5.91 Å². The van der Waals surface area contributed by atoms with Crippen LogP contribution in [0.1, 0.15) is 19.3 Å². The molecule has 26 heavy (non-hydrogen) atoms. The molecule has 1 aliphatic heterocycles. The smallest absolute Gasteiger partial charge is 0.240 e. The lowest BCUT2D eigenvalue weighted by Crippen LogP contribution is -2.37. The Morgan fingerprint density at radius 1 is 1.23 bits per heavy atom. The molecule has 0 spiro atoms. The molecule has 0 unspecified atom stereocenters. The van der Waals surface area contributed by atoms with E-state index >= 15 is 0 Å². The molecule has 1 amide bonds. The lowest BCUT2D eigenvalue weighted by Gasteiger charge is -2.25. The summed E-state index contributed by atoms with van der Waals surface area (Å²) in [5.74, 6) is 0.257. The van der Waals surface area contributed by atoms with E-state index in [4.69, 9.17) is 0 Å². The van der Waals surface area contributed by atoms with Crippen molar-refractivity contribution in [2.45, 2.75) is 19.3 Å². The highest BCUT2D eigenvalue weighted by atomic mass is 16.2. The number of carbonyl (C=O) groups is 1. The van der Waals surface area contributed by atoms with Gasteiger partial charge in [-0.25, -0.2) is 9.97 Å². The number of aryl methyl sites for hydroxylation is 1. The highest BCUT2D eigenvalue weighted by molar-refractivity contribution is 5.92. The second-order valence-electron chi connectivity index (χ2n) is 6.63. The zero-order valence-corrected chi connectivity index (χ0v) is 14.7. The summed E-state index contributed by atoms with van der Waals surface area (Å²) in [6.07, 6.45) is 7.14. The molecule has 0 bridgehead atoms. The quantitative estimate of drug-likeness (QED) is 0.772. The Hall–Kier alpha value is -2.87. The summed E-state index contributed by atoms with van der Waals surface area (Å²) in [4.78, 5) is 23.2. The SMILES string of the molecule is Cn1cc(-c2ccc3cnc(NC(=O)CN4CCCCC4)nc3c2)nn1. The first-order valence-electron chi connectivity index (χ1n) is 8.83. The van der Waals surface area contributed by atoms with Gasteiger partial charge in [0.1, 0.15) is 5.69 Å². The molecule has 1 aromatic carbocycles. The van der Waals surface area contributed by atoms with Crippen LogP contribution in [0.3, 0.4) is 0 Å². The third-order valence-corrected chi connectivity index (χ3v) is 4.55. The average Bonchev–Trinajstić information content (AvgIpc) is 3.08. The van der Waals surface area contributed by atoms with Gasteiger partial charge in [-0.05, 0) is 32.0 Å². The van der Waals surface area contributed by atoms with Gasteiger partial charge in [-0.3, -0.25) is 19.7 Å². The van der Waals surface area contributed by atoms with Crippen LogP contribution in [0.5, 0.6) is 0 Å². The molecular formula is C18H21N7O. The van der Waals surface area contributed by atoms with Crippen molar-refractivity contribution in [3.05, 3.63) is 30.6 Å². The van der Waals surface area contributed by atoms with Crippen molar-refractivity contribution in [2.75, 3.05) is 25.0 Å². The second-order valence-corrected chi connectivity index (χ2v) is 6.63. The largest absolute Gasteiger partial charge is 0.295 e. The van der Waals surface area contributed by atoms with Crippen LogP contribution in [-0.4, -0.2) is 55.4 Å². The Bertz CT molecular complexity index is 930. The van der Waals surface area contributed by atoms with Gasteiger partial charge in [0.05, 0.1) is 18.3 Å². The minimum Gasteiger partial charge on any atom is -0.295 e. The highest BCUT2D eigenvalue weighted by Crippen LogP contribution is 2.22. The Balaban J connectivity index is 1.51. The Morgan fingerprint density at radius 2 is 2.08 bits per heavy atom. The van der Waals surface area contributed by atoms with Crippen molar-refractivity contribution < 1.29 is 4.79 Å². The van der Waals surface area contributed by atoms with Gasteiger partial charge in [-0.2, -0.15) is 0 Å². The molecule has 0 saturated carbocycles. The maximum absolute atomic E-state index is 12.3. The molecule has 8 nitrogen and oxygen atoms in total. The van der Waals surface area contributed by atoms with Gasteiger partial charge < -0.3 is 0 Å². The van der Waals surface area contributed by atoms with Gasteiger partial charge in [-0.15, -0.1) is 5.10 Å². The predicted octanol–water partition coefficient (Wildman–Crippen LogP) is 1.85. The van der Waals surface area contributed by atoms with Crippen molar-refractivity contribution >= 4 is 22.8 Å². The molecular weight excluding hydrogens is 330 g/mol. The van der Waals surface area contributed by atoms with E-state index < -0.39 is 0 Å². The van der Waals surface area contributed by atoms with Gasteiger partial charge >= 0.3 is 0 Å². The molecule has 3 aromatic rings. The minimum atomic E-state index is -0.0728. The third kappa shape index (κ3) is 3.70. The molecule has 3 heterocycles. The van der Waals surface area contributed by atoms with Crippen molar-refractivity contribution in [2.24, 2.45) is 7.05 Å². The summed E-state index contributed by atoms with van der Waals surface area (Å²) in [5.41, 5.74) is 2.47. The van der Waals surface area contributed by atoms with Crippen LogP contribution < -0.4 is 5.32 Å². The number of nitrogens with one attached hydrogen (secondary N) is 1. The van der Waals surface area contributed by atoms with E-state index in [1.165, 1.54) is 6.42 Å². The first-order chi connectivity index (χ1) is 12.7. The number of aromatic nitrogens is 5. The van der Waals surface area contributed by atoms with Crippen molar-refractivity contribution in [1.29, 1.82) is 0 Å². The summed E-state index contributed by atoms with van der Waals surface area (Å²) in [6, 6.07) is 5.84. The van der Waals surface area contributed by atoms with Gasteiger partial charge in [-0.1, -0.05) is 23.8 Å². The van der Waals surface area contributed by atoms with Crippen LogP contribution >= 0.6 is 0 Å². The number of amides is 1. The number of anilines is 1. The number of fused-ring (bicyclic) bond motifs is 1. The van der Waals surface area contributed by atoms with Crippen LogP contribution in [0.25, 0.3) is 22.2 Å². The van der Waals surface area contributed by atoms with Gasteiger partial charge in [0.25, 0.3) is 0 Å². The Morgan fingerprint density at radius 3 is 2.85 bits per heavy atom. The van der Waals surface area contributed by atoms with Gasteiger partial charge in [0.2, 0.25) is 11.9 Å². The van der Waals surface area contributed by atoms with E-state index in [0.717, 1.165) is 48.1 Å². The number of hydrogen-bond acceptors (Lipinski definition) is 6. The van der Waals surface area contributed by atoms with Gasteiger partial charge in [0.15, 0.2) is 0 Å². The number of likely N-dealkylation sites (tertiary alicyclic amines) is 1. The fraction of sp³-hybridized carbons (Fsp3) is 0.389. The third-order valence-electron chi connectivity index (χ3n) is 4.55. The molecule has 1 aliphatic rings. The molecule has 134 valence electrons. The predicted molar refractivity (Wildman–Crippen MR) is 98.5 cm³/mol. The van der Waals surface area contributed by atoms with Crippen molar-refractivity contribution in [3.63, 3.8) is 0 Å². The van der Waals surface area contributed by atoms with Crippen LogP contribution in [0, 0.1) is 0 Å². The van der Waals surface area contributed by atoms with E-state index in [9.17, 15) is 4.79 Å². The summed E-state index contributed by atoms with van der Waals surface area (Å²) >= 11 is 0. The van der Waals surface area contributed by atoms with Crippen LogP contribution in [0.15, 0.2) is 30.6 Å². The summed E-state index contributed by atoms with van der Waals surface area (Å²) in [7, 11) is 1.83. The summed E-state index contributed by atoms with van der Waals surface area (Å²) in [5, 5.41) is 11.8. The zero-order chi connectivity index (χ0) is 17.9. The lowest BCUT2D eigenvalue weighted by molar-refractivity contribution is -0.117. The van der Waals surface area contributed by atoms with Crippen LogP contribution in [0.4, 0.5) is 5.95 Å². The number of rotatable bonds is 4. The minimum absolute atomic E-state index is 0.0728. The molecule has 1 fully saturated rings. The van der Waals surface area contributed by atoms with E-state index in [2.05, 4.69) is 30.5 Å². The number of benzene rings is 1. The number of piperidine rings is 1. The topological polar surface area (TPSA) is 88.8 Å². The zero-order valence-electron chi connectivity index (χ0n) is 14.7. The molecule has 0 aliphatic carbocycles. The van der Waals surface area contributed by atoms with E-state index in [1.54, 1.807) is 10.9 Å². The Labute approximate surface area is 151 Å². The fourth-order valence-electron chi connectivity index (χ4n) is 3.21. The normalized spacial score (nSPS) is 15.3. The van der Waals surface area contributed by atoms with Crippen LogP contribution in [0.2, 0.25) is 0 Å². The molecule has 0 radical (unpaired) electrons. The summed E-state index contributed by atoms with van der Waals surface area (Å²) in [6.45, 7) is 2.35.